The molecule has 1 fully saturated rings. The number of ether oxygens (including phenoxy) is 4. The molecule has 1 spiro atoms. The van der Waals surface area contributed by atoms with Crippen LogP contribution in [-0.4, -0.2) is 30.0 Å². The van der Waals surface area contributed by atoms with Crippen LogP contribution in [0.15, 0.2) is 66.7 Å². The van der Waals surface area contributed by atoms with Gasteiger partial charge in [0.25, 0.3) is 0 Å². The zero-order chi connectivity index (χ0) is 27.4. The number of hydrogen-bond donors (Lipinski definition) is 0. The molecule has 2 aliphatic rings. The molecule has 0 aromatic heterocycles. The van der Waals surface area contributed by atoms with Gasteiger partial charge in [0.1, 0.15) is 30.3 Å². The highest BCUT2D eigenvalue weighted by Gasteiger charge is 2.49. The molecule has 0 saturated heterocycles. The maximum absolute atomic E-state index is 13.3. The van der Waals surface area contributed by atoms with E-state index in [9.17, 15) is 9.59 Å². The van der Waals surface area contributed by atoms with Crippen LogP contribution in [-0.2, 0) is 27.5 Å². The first kappa shape index (κ1) is 26.6. The van der Waals surface area contributed by atoms with Gasteiger partial charge in [-0.1, -0.05) is 60.7 Å². The summed E-state index contributed by atoms with van der Waals surface area (Å²) < 4.78 is 23.2. The molecule has 0 N–H and O–H groups in total. The second-order valence-electron chi connectivity index (χ2n) is 10.1. The summed E-state index contributed by atoms with van der Waals surface area (Å²) >= 11 is 0. The molecule has 1 unspecified atom stereocenters. The molecule has 1 aliphatic heterocycles. The Kier molecular flexibility index (Phi) is 7.74. The van der Waals surface area contributed by atoms with Gasteiger partial charge in [-0.05, 0) is 55.9 Å². The lowest BCUT2D eigenvalue weighted by Crippen LogP contribution is -2.51. The molecule has 204 valence electrons. The Bertz CT molecular complexity index is 1320. The molecule has 8 nitrogen and oxygen atoms in total. The summed E-state index contributed by atoms with van der Waals surface area (Å²) in [4.78, 5) is 31.5. The van der Waals surface area contributed by atoms with Crippen LogP contribution in [0.1, 0.15) is 59.5 Å². The Hall–Kier alpha value is -4.04. The molecule has 0 bridgehead atoms. The second kappa shape index (κ2) is 11.4. The van der Waals surface area contributed by atoms with Gasteiger partial charge in [-0.15, -0.1) is 0 Å². The molecule has 5 rings (SSSR count). The van der Waals surface area contributed by atoms with E-state index in [1.165, 1.54) is 12.2 Å². The molecule has 1 heterocycles. The van der Waals surface area contributed by atoms with Crippen molar-refractivity contribution in [2.24, 2.45) is 0 Å². The predicted octanol–water partition coefficient (Wildman–Crippen LogP) is 6.97. The maximum Gasteiger partial charge on any atom is 0.514 e. The van der Waals surface area contributed by atoms with E-state index in [-0.39, 0.29) is 18.8 Å². The molecule has 3 aromatic rings. The number of fused-ring (bicyclic) bond motifs is 1. The molecule has 8 heteroatoms. The van der Waals surface area contributed by atoms with Gasteiger partial charge < -0.3 is 18.9 Å². The molecule has 39 heavy (non-hydrogen) atoms. The van der Waals surface area contributed by atoms with Crippen molar-refractivity contribution in [2.75, 3.05) is 7.11 Å². The van der Waals surface area contributed by atoms with Gasteiger partial charge in [0.05, 0.1) is 13.2 Å². The van der Waals surface area contributed by atoms with Crippen LogP contribution in [0.3, 0.4) is 0 Å². The quantitative estimate of drug-likeness (QED) is 0.185. The number of nitrogens with zero attached hydrogens (tertiary/aromatic N) is 1. The minimum atomic E-state index is -0.806. The van der Waals surface area contributed by atoms with Crippen LogP contribution < -0.4 is 9.47 Å². The van der Waals surface area contributed by atoms with Crippen molar-refractivity contribution in [1.82, 2.24) is 5.06 Å². The molecule has 1 atom stereocenters. The van der Waals surface area contributed by atoms with Crippen molar-refractivity contribution in [3.8, 4) is 11.5 Å². The molecular weight excluding hydrogens is 498 g/mol. The normalized spacial score (nSPS) is 16.8. The Morgan fingerprint density at radius 3 is 2.13 bits per heavy atom. The third-order valence-corrected chi connectivity index (χ3v) is 7.46. The molecule has 0 radical (unpaired) electrons. The summed E-state index contributed by atoms with van der Waals surface area (Å²) in [7, 11) is 1.45. The first-order valence-corrected chi connectivity index (χ1v) is 13.1. The Balaban J connectivity index is 1.40. The van der Waals surface area contributed by atoms with Crippen molar-refractivity contribution in [3.05, 3.63) is 94.5 Å². The van der Waals surface area contributed by atoms with E-state index in [2.05, 4.69) is 0 Å². The van der Waals surface area contributed by atoms with Gasteiger partial charge in [0, 0.05) is 17.5 Å². The Morgan fingerprint density at radius 1 is 0.949 bits per heavy atom. The van der Waals surface area contributed by atoms with Gasteiger partial charge in [0.2, 0.25) is 0 Å². The fourth-order valence-electron chi connectivity index (χ4n) is 5.35. The standard InChI is InChI=1S/C31H33NO7/c1-21-17-26-27(22(2)28(21)38-30(34)37-20-24-13-8-5-9-14-24)25(18-31(39-26)15-10-16-31)32(35-3)29(33)36-19-23-11-6-4-7-12-23/h4-9,11-14,17,25H,10,15-16,18-20H2,1-3H3. The fourth-order valence-corrected chi connectivity index (χ4v) is 5.35. The van der Waals surface area contributed by atoms with Gasteiger partial charge in [-0.2, -0.15) is 5.06 Å². The zero-order valence-corrected chi connectivity index (χ0v) is 22.5. The Morgan fingerprint density at radius 2 is 1.56 bits per heavy atom. The minimum absolute atomic E-state index is 0.0989. The highest BCUT2D eigenvalue weighted by atomic mass is 16.7. The minimum Gasteiger partial charge on any atom is -0.487 e. The molecular formula is C31H33NO7. The molecule has 1 aliphatic carbocycles. The van der Waals surface area contributed by atoms with Gasteiger partial charge in [0.15, 0.2) is 0 Å². The maximum atomic E-state index is 13.3. The third-order valence-electron chi connectivity index (χ3n) is 7.46. The number of benzene rings is 3. The third kappa shape index (κ3) is 5.71. The number of carbonyl (C=O) groups excluding carboxylic acids is 2. The second-order valence-corrected chi connectivity index (χ2v) is 10.1. The van der Waals surface area contributed by atoms with E-state index < -0.39 is 18.3 Å². The number of aryl methyl sites for hydroxylation is 1. The van der Waals surface area contributed by atoms with Crippen LogP contribution >= 0.6 is 0 Å². The summed E-state index contributed by atoms with van der Waals surface area (Å²) in [6.45, 7) is 3.93. The van der Waals surface area contributed by atoms with E-state index in [1.54, 1.807) is 0 Å². The number of hydroxylamine groups is 2. The Labute approximate surface area is 228 Å². The summed E-state index contributed by atoms with van der Waals surface area (Å²) in [6.07, 6.45) is 1.97. The molecule has 1 saturated carbocycles. The lowest BCUT2D eigenvalue weighted by Gasteiger charge is -2.49. The van der Waals surface area contributed by atoms with E-state index in [1.807, 2.05) is 80.6 Å². The van der Waals surface area contributed by atoms with Crippen molar-refractivity contribution in [1.29, 1.82) is 0 Å². The zero-order valence-electron chi connectivity index (χ0n) is 22.5. The van der Waals surface area contributed by atoms with Crippen LogP contribution in [0.25, 0.3) is 0 Å². The van der Waals surface area contributed by atoms with Crippen LogP contribution in [0, 0.1) is 13.8 Å². The van der Waals surface area contributed by atoms with E-state index in [4.69, 9.17) is 23.8 Å². The van der Waals surface area contributed by atoms with Crippen LogP contribution in [0.2, 0.25) is 0 Å². The number of rotatable bonds is 7. The van der Waals surface area contributed by atoms with E-state index in [0.29, 0.717) is 23.5 Å². The van der Waals surface area contributed by atoms with Crippen molar-refractivity contribution >= 4 is 12.2 Å². The first-order valence-electron chi connectivity index (χ1n) is 13.1. The van der Waals surface area contributed by atoms with Crippen LogP contribution in [0.4, 0.5) is 9.59 Å². The van der Waals surface area contributed by atoms with Gasteiger partial charge in [-0.25, -0.2) is 9.59 Å². The van der Waals surface area contributed by atoms with E-state index >= 15 is 0 Å². The molecule has 3 aromatic carbocycles. The monoisotopic (exact) mass is 531 g/mol. The smallest absolute Gasteiger partial charge is 0.487 e. The fraction of sp³-hybridized carbons (Fsp3) is 0.355. The lowest BCUT2D eigenvalue weighted by molar-refractivity contribution is -0.166. The topological polar surface area (TPSA) is 83.5 Å². The van der Waals surface area contributed by atoms with Crippen molar-refractivity contribution in [3.63, 3.8) is 0 Å². The lowest BCUT2D eigenvalue weighted by atomic mass is 9.72. The average Bonchev–Trinajstić information content (AvgIpc) is 2.93. The summed E-state index contributed by atoms with van der Waals surface area (Å²) in [5.41, 5.74) is 3.50. The van der Waals surface area contributed by atoms with E-state index in [0.717, 1.165) is 41.5 Å². The number of carbonyl (C=O) groups is 2. The largest absolute Gasteiger partial charge is 0.514 e. The first-order chi connectivity index (χ1) is 18.9. The van der Waals surface area contributed by atoms with Crippen LogP contribution in [0.5, 0.6) is 11.5 Å². The summed E-state index contributed by atoms with van der Waals surface area (Å²) in [5, 5.41) is 1.27. The highest BCUT2D eigenvalue weighted by Crippen LogP contribution is 2.53. The van der Waals surface area contributed by atoms with Gasteiger partial charge in [-0.3, -0.25) is 4.84 Å². The van der Waals surface area contributed by atoms with Gasteiger partial charge >= 0.3 is 12.2 Å². The predicted molar refractivity (Wildman–Crippen MR) is 143 cm³/mol. The van der Waals surface area contributed by atoms with Crippen molar-refractivity contribution < 1.29 is 33.4 Å². The number of amides is 1. The van der Waals surface area contributed by atoms with Crippen molar-refractivity contribution in [2.45, 2.75) is 64.4 Å². The SMILES string of the molecule is CON(C(=O)OCc1ccccc1)C1CC2(CCC2)Oc2cc(C)c(OC(=O)OCc3ccccc3)c(C)c21. The average molecular weight is 532 g/mol. The highest BCUT2D eigenvalue weighted by molar-refractivity contribution is 5.70. The molecule has 1 amide bonds. The number of hydrogen-bond acceptors (Lipinski definition) is 7. The summed E-state index contributed by atoms with van der Waals surface area (Å²) in [5.74, 6) is 1.03. The summed E-state index contributed by atoms with van der Waals surface area (Å²) in [6, 6.07) is 20.2.